The Balaban J connectivity index is 1.44. The average Bonchev–Trinajstić information content (AvgIpc) is 3.09. The van der Waals surface area contributed by atoms with Crippen LogP contribution in [-0.2, 0) is 25.5 Å². The van der Waals surface area contributed by atoms with E-state index in [1.54, 1.807) is 24.3 Å². The average molecular weight is 421 g/mol. The second-order valence-corrected chi connectivity index (χ2v) is 7.48. The van der Waals surface area contributed by atoms with Crippen molar-refractivity contribution < 1.29 is 29.0 Å². The van der Waals surface area contributed by atoms with Crippen LogP contribution in [0.4, 0.5) is 5.69 Å². The number of rotatable bonds is 5. The largest absolute Gasteiger partial charge is 0.478 e. The van der Waals surface area contributed by atoms with Crippen LogP contribution in [0.15, 0.2) is 54.2 Å². The van der Waals surface area contributed by atoms with Gasteiger partial charge in [0.25, 0.3) is 5.79 Å². The van der Waals surface area contributed by atoms with Gasteiger partial charge in [0, 0.05) is 32.2 Å². The first-order chi connectivity index (χ1) is 14.7. The summed E-state index contributed by atoms with van der Waals surface area (Å²) in [6.07, 6.45) is 1.78. The van der Waals surface area contributed by atoms with Crippen molar-refractivity contribution in [2.24, 2.45) is 0 Å². The standard InChI is InChI=1S/C22H19N3O6/c1-22(2)30-20(28)15(21(29)31-22)11-23-14-6-3-12(4-7-14)9-18-24-16-8-5-13(19(26)27)10-17(16)25-18/h3-8,10-11,23H,9H2,1-2H3,(H,24,25)(H,26,27). The molecule has 3 aromatic rings. The molecule has 1 aliphatic heterocycles. The Bertz CT molecular complexity index is 1200. The topological polar surface area (TPSA) is 131 Å². The van der Waals surface area contributed by atoms with Crippen LogP contribution in [0.25, 0.3) is 11.0 Å². The molecule has 0 bridgehead atoms. The normalized spacial score (nSPS) is 15.4. The van der Waals surface area contributed by atoms with E-state index in [2.05, 4.69) is 15.3 Å². The molecule has 158 valence electrons. The van der Waals surface area contributed by atoms with Gasteiger partial charge in [0.15, 0.2) is 5.57 Å². The molecule has 9 nitrogen and oxygen atoms in total. The van der Waals surface area contributed by atoms with Crippen molar-refractivity contribution in [3.05, 3.63) is 71.2 Å². The van der Waals surface area contributed by atoms with Crippen molar-refractivity contribution >= 4 is 34.6 Å². The van der Waals surface area contributed by atoms with Gasteiger partial charge in [0.2, 0.25) is 0 Å². The van der Waals surface area contributed by atoms with Crippen molar-refractivity contribution in [3.8, 4) is 0 Å². The third-order valence-corrected chi connectivity index (χ3v) is 4.60. The molecule has 0 amide bonds. The molecule has 9 heteroatoms. The van der Waals surface area contributed by atoms with Gasteiger partial charge in [-0.15, -0.1) is 0 Å². The van der Waals surface area contributed by atoms with Crippen molar-refractivity contribution in [1.29, 1.82) is 0 Å². The van der Waals surface area contributed by atoms with E-state index < -0.39 is 23.7 Å². The summed E-state index contributed by atoms with van der Waals surface area (Å²) in [6, 6.07) is 12.1. The maximum Gasteiger partial charge on any atom is 0.350 e. The first-order valence-corrected chi connectivity index (χ1v) is 9.44. The Labute approximate surface area is 176 Å². The number of carboxylic acid groups (broad SMARTS) is 1. The number of carbonyl (C=O) groups is 3. The number of H-pyrrole nitrogens is 1. The van der Waals surface area contributed by atoms with Crippen molar-refractivity contribution in [1.82, 2.24) is 9.97 Å². The lowest BCUT2D eigenvalue weighted by Crippen LogP contribution is -2.42. The zero-order valence-electron chi connectivity index (χ0n) is 16.8. The highest BCUT2D eigenvalue weighted by molar-refractivity contribution is 6.15. The fourth-order valence-corrected chi connectivity index (χ4v) is 3.13. The van der Waals surface area contributed by atoms with Crippen LogP contribution in [0.2, 0.25) is 0 Å². The molecule has 0 unspecified atom stereocenters. The summed E-state index contributed by atoms with van der Waals surface area (Å²) < 4.78 is 10.1. The first-order valence-electron chi connectivity index (χ1n) is 9.44. The van der Waals surface area contributed by atoms with Gasteiger partial charge in [-0.2, -0.15) is 0 Å². The Kier molecular flexibility index (Phi) is 4.94. The number of esters is 2. The molecular formula is C22H19N3O6. The third kappa shape index (κ3) is 4.40. The Morgan fingerprint density at radius 2 is 1.81 bits per heavy atom. The molecule has 1 fully saturated rings. The molecule has 1 saturated heterocycles. The van der Waals surface area contributed by atoms with Gasteiger partial charge in [-0.25, -0.2) is 19.4 Å². The predicted molar refractivity (Wildman–Crippen MR) is 110 cm³/mol. The number of carbonyl (C=O) groups excluding carboxylic acids is 2. The minimum atomic E-state index is -1.28. The van der Waals surface area contributed by atoms with Gasteiger partial charge in [-0.1, -0.05) is 12.1 Å². The van der Waals surface area contributed by atoms with E-state index >= 15 is 0 Å². The number of cyclic esters (lactones) is 2. The monoisotopic (exact) mass is 421 g/mol. The minimum Gasteiger partial charge on any atom is -0.478 e. The molecule has 1 aliphatic rings. The summed E-state index contributed by atoms with van der Waals surface area (Å²) in [5.74, 6) is -3.06. The molecule has 0 radical (unpaired) electrons. The van der Waals surface area contributed by atoms with Crippen LogP contribution >= 0.6 is 0 Å². The Morgan fingerprint density at radius 1 is 1.13 bits per heavy atom. The van der Waals surface area contributed by atoms with Crippen LogP contribution in [0.1, 0.15) is 35.6 Å². The lowest BCUT2D eigenvalue weighted by atomic mass is 10.1. The summed E-state index contributed by atoms with van der Waals surface area (Å²) in [5, 5.41) is 12.0. The number of hydrogen-bond acceptors (Lipinski definition) is 7. The van der Waals surface area contributed by atoms with Crippen LogP contribution in [0.5, 0.6) is 0 Å². The molecule has 31 heavy (non-hydrogen) atoms. The maximum absolute atomic E-state index is 12.0. The first kappa shape index (κ1) is 20.1. The van der Waals surface area contributed by atoms with Gasteiger partial charge >= 0.3 is 17.9 Å². The van der Waals surface area contributed by atoms with Gasteiger partial charge in [0.1, 0.15) is 5.82 Å². The van der Waals surface area contributed by atoms with E-state index in [1.165, 1.54) is 26.1 Å². The van der Waals surface area contributed by atoms with E-state index in [0.717, 1.165) is 5.56 Å². The van der Waals surface area contributed by atoms with E-state index in [4.69, 9.17) is 14.6 Å². The number of nitrogens with zero attached hydrogens (tertiary/aromatic N) is 1. The van der Waals surface area contributed by atoms with Gasteiger partial charge < -0.3 is 24.9 Å². The van der Waals surface area contributed by atoms with Gasteiger partial charge in [-0.05, 0) is 35.9 Å². The SMILES string of the molecule is CC1(C)OC(=O)C(=CNc2ccc(Cc3nc4ccc(C(=O)O)cc4[nH]3)cc2)C(=O)O1. The number of benzene rings is 2. The predicted octanol–water partition coefficient (Wildman–Crippen LogP) is 2.98. The number of ether oxygens (including phenoxy) is 2. The van der Waals surface area contributed by atoms with Gasteiger partial charge in [-0.3, -0.25) is 0 Å². The minimum absolute atomic E-state index is 0.196. The molecule has 2 heterocycles. The molecule has 4 rings (SSSR count). The van der Waals surface area contributed by atoms with E-state index in [9.17, 15) is 14.4 Å². The fourth-order valence-electron chi connectivity index (χ4n) is 3.13. The zero-order chi connectivity index (χ0) is 22.2. The molecule has 2 aromatic carbocycles. The smallest absolute Gasteiger partial charge is 0.350 e. The summed E-state index contributed by atoms with van der Waals surface area (Å²) in [6.45, 7) is 2.97. The molecule has 0 atom stereocenters. The number of aromatic nitrogens is 2. The number of aromatic carboxylic acids is 1. The summed E-state index contributed by atoms with van der Waals surface area (Å²) >= 11 is 0. The van der Waals surface area contributed by atoms with E-state index in [0.29, 0.717) is 29.0 Å². The number of aromatic amines is 1. The lowest BCUT2D eigenvalue weighted by Gasteiger charge is -2.29. The summed E-state index contributed by atoms with van der Waals surface area (Å²) in [4.78, 5) is 42.6. The number of fused-ring (bicyclic) bond motifs is 1. The number of anilines is 1. The number of hydrogen-bond donors (Lipinski definition) is 3. The van der Waals surface area contributed by atoms with E-state index in [-0.39, 0.29) is 11.1 Å². The summed E-state index contributed by atoms with van der Waals surface area (Å²) in [5.41, 5.74) is 2.97. The number of nitrogens with one attached hydrogen (secondary N) is 2. The lowest BCUT2D eigenvalue weighted by molar-refractivity contribution is -0.222. The zero-order valence-corrected chi connectivity index (χ0v) is 16.8. The Hall–Kier alpha value is -4.14. The molecule has 0 spiro atoms. The molecular weight excluding hydrogens is 402 g/mol. The van der Waals surface area contributed by atoms with Crippen LogP contribution in [0.3, 0.4) is 0 Å². The Morgan fingerprint density at radius 3 is 2.45 bits per heavy atom. The van der Waals surface area contributed by atoms with Crippen molar-refractivity contribution in [2.75, 3.05) is 5.32 Å². The second-order valence-electron chi connectivity index (χ2n) is 7.48. The fraction of sp³-hybridized carbons (Fsp3) is 0.182. The highest BCUT2D eigenvalue weighted by Crippen LogP contribution is 2.23. The molecule has 0 saturated carbocycles. The molecule has 3 N–H and O–H groups in total. The second kappa shape index (κ2) is 7.60. The third-order valence-electron chi connectivity index (χ3n) is 4.60. The van der Waals surface area contributed by atoms with Gasteiger partial charge in [0.05, 0.1) is 16.6 Å². The number of imidazole rings is 1. The number of carboxylic acids is 1. The van der Waals surface area contributed by atoms with Crippen LogP contribution in [0, 0.1) is 0 Å². The maximum atomic E-state index is 12.0. The van der Waals surface area contributed by atoms with Crippen LogP contribution < -0.4 is 5.32 Å². The highest BCUT2D eigenvalue weighted by Gasteiger charge is 2.38. The van der Waals surface area contributed by atoms with Crippen molar-refractivity contribution in [3.63, 3.8) is 0 Å². The van der Waals surface area contributed by atoms with Crippen molar-refractivity contribution in [2.45, 2.75) is 26.1 Å². The summed E-state index contributed by atoms with van der Waals surface area (Å²) in [7, 11) is 0. The molecule has 0 aliphatic carbocycles. The van der Waals surface area contributed by atoms with E-state index in [1.807, 2.05) is 12.1 Å². The van der Waals surface area contributed by atoms with Crippen LogP contribution in [-0.4, -0.2) is 38.8 Å². The quantitative estimate of drug-likeness (QED) is 0.326. The molecule has 1 aromatic heterocycles. The highest BCUT2D eigenvalue weighted by atomic mass is 16.7.